The number of pyridine rings is 1. The van der Waals surface area contributed by atoms with Crippen molar-refractivity contribution in [3.8, 4) is 0 Å². The van der Waals surface area contributed by atoms with Gasteiger partial charge in [0.1, 0.15) is 0 Å². The van der Waals surface area contributed by atoms with E-state index in [9.17, 15) is 14.9 Å². The van der Waals surface area contributed by atoms with Gasteiger partial charge in [0.2, 0.25) is 5.15 Å². The first-order chi connectivity index (χ1) is 6.02. The van der Waals surface area contributed by atoms with Crippen LogP contribution in [-0.2, 0) is 0 Å². The molecule has 0 radical (unpaired) electrons. The maximum atomic E-state index is 10.6. The molecule has 0 atom stereocenters. The summed E-state index contributed by atoms with van der Waals surface area (Å²) in [5.41, 5.74) is -0.495. The van der Waals surface area contributed by atoms with Crippen LogP contribution in [0.5, 0.6) is 0 Å². The highest BCUT2D eigenvalue weighted by molar-refractivity contribution is 6.67. The van der Waals surface area contributed by atoms with E-state index in [4.69, 9.17) is 23.2 Å². The van der Waals surface area contributed by atoms with Crippen LogP contribution >= 0.6 is 23.2 Å². The second-order valence-electron chi connectivity index (χ2n) is 2.06. The number of carbonyl (C=O) groups excluding carboxylic acids is 1. The Labute approximate surface area is 82.4 Å². The molecule has 1 aromatic rings. The number of rotatable bonds is 2. The Morgan fingerprint density at radius 1 is 1.62 bits per heavy atom. The van der Waals surface area contributed by atoms with Crippen LogP contribution in [0.1, 0.15) is 10.4 Å². The zero-order chi connectivity index (χ0) is 10.0. The van der Waals surface area contributed by atoms with Crippen molar-refractivity contribution >= 4 is 34.1 Å². The van der Waals surface area contributed by atoms with Crippen LogP contribution in [0.25, 0.3) is 0 Å². The molecule has 1 heterocycles. The summed E-state index contributed by atoms with van der Waals surface area (Å²) in [5, 5.41) is 9.24. The lowest BCUT2D eigenvalue weighted by Crippen LogP contribution is -1.96. The minimum atomic E-state index is -0.813. The zero-order valence-electron chi connectivity index (χ0n) is 6.03. The van der Waals surface area contributed by atoms with Crippen molar-refractivity contribution in [3.05, 3.63) is 33.1 Å². The Hall–Kier alpha value is -1.20. The van der Waals surface area contributed by atoms with Gasteiger partial charge in [0, 0.05) is 12.3 Å². The molecule has 0 aliphatic heterocycles. The standard InChI is InChI=1S/C6H2Cl2N2O3/c7-5-4(10(12)13)1-3(2-9-5)6(8)11/h1-2H. The van der Waals surface area contributed by atoms with Crippen LogP contribution < -0.4 is 0 Å². The van der Waals surface area contributed by atoms with Crippen LogP contribution in [0.4, 0.5) is 5.69 Å². The summed E-state index contributed by atoms with van der Waals surface area (Å²) in [6.07, 6.45) is 1.07. The van der Waals surface area contributed by atoms with Crippen LogP contribution in [0.3, 0.4) is 0 Å². The summed E-state index contributed by atoms with van der Waals surface area (Å²) < 4.78 is 0. The molecule has 7 heteroatoms. The molecule has 5 nitrogen and oxygen atoms in total. The summed E-state index contributed by atoms with van der Waals surface area (Å²) in [5.74, 6) is 0. The number of nitrogens with zero attached hydrogens (tertiary/aromatic N) is 2. The Morgan fingerprint density at radius 2 is 2.23 bits per heavy atom. The highest BCUT2D eigenvalue weighted by Crippen LogP contribution is 2.22. The number of nitro groups is 1. The molecular formula is C6H2Cl2N2O3. The molecule has 13 heavy (non-hydrogen) atoms. The van der Waals surface area contributed by atoms with Crippen LogP contribution in [0.2, 0.25) is 5.15 Å². The van der Waals surface area contributed by atoms with E-state index >= 15 is 0 Å². The predicted molar refractivity (Wildman–Crippen MR) is 46.1 cm³/mol. The number of hydrogen-bond donors (Lipinski definition) is 0. The minimum Gasteiger partial charge on any atom is -0.276 e. The van der Waals surface area contributed by atoms with Gasteiger partial charge in [-0.25, -0.2) is 4.98 Å². The second kappa shape index (κ2) is 3.68. The molecule has 1 rings (SSSR count). The van der Waals surface area contributed by atoms with Crippen molar-refractivity contribution in [2.45, 2.75) is 0 Å². The van der Waals surface area contributed by atoms with Crippen molar-refractivity contribution in [2.75, 3.05) is 0 Å². The van der Waals surface area contributed by atoms with Crippen molar-refractivity contribution in [3.63, 3.8) is 0 Å². The van der Waals surface area contributed by atoms with Crippen molar-refractivity contribution in [1.82, 2.24) is 4.98 Å². The summed E-state index contributed by atoms with van der Waals surface area (Å²) in [4.78, 5) is 23.6. The molecule has 0 fully saturated rings. The Balaban J connectivity index is 3.27. The molecule has 0 saturated carbocycles. The number of halogens is 2. The highest BCUT2D eigenvalue weighted by Gasteiger charge is 2.16. The normalized spacial score (nSPS) is 9.69. The van der Waals surface area contributed by atoms with Gasteiger partial charge in [0.05, 0.1) is 10.5 Å². The van der Waals surface area contributed by atoms with Gasteiger partial charge < -0.3 is 0 Å². The van der Waals surface area contributed by atoms with E-state index in [1.807, 2.05) is 0 Å². The Bertz CT molecular complexity index is 380. The van der Waals surface area contributed by atoms with E-state index in [-0.39, 0.29) is 10.7 Å². The van der Waals surface area contributed by atoms with E-state index in [1.54, 1.807) is 0 Å². The quantitative estimate of drug-likeness (QED) is 0.331. The number of aromatic nitrogens is 1. The number of carbonyl (C=O) groups is 1. The van der Waals surface area contributed by atoms with Crippen LogP contribution in [-0.4, -0.2) is 15.1 Å². The van der Waals surface area contributed by atoms with Gasteiger partial charge >= 0.3 is 5.69 Å². The summed E-state index contributed by atoms with van der Waals surface area (Å²) in [7, 11) is 0. The maximum Gasteiger partial charge on any atom is 0.307 e. The van der Waals surface area contributed by atoms with Gasteiger partial charge in [-0.15, -0.1) is 0 Å². The molecule has 0 spiro atoms. The third kappa shape index (κ3) is 2.13. The fourth-order valence-corrected chi connectivity index (χ4v) is 0.948. The topological polar surface area (TPSA) is 73.1 Å². The van der Waals surface area contributed by atoms with E-state index in [0.717, 1.165) is 12.3 Å². The van der Waals surface area contributed by atoms with Crippen LogP contribution in [0, 0.1) is 10.1 Å². The molecule has 0 aliphatic rings. The largest absolute Gasteiger partial charge is 0.307 e. The molecule has 1 aromatic heterocycles. The average molecular weight is 221 g/mol. The second-order valence-corrected chi connectivity index (χ2v) is 2.77. The smallest absolute Gasteiger partial charge is 0.276 e. The Kier molecular flexibility index (Phi) is 2.79. The molecule has 0 bridgehead atoms. The zero-order valence-corrected chi connectivity index (χ0v) is 7.54. The molecule has 68 valence electrons. The molecule has 0 unspecified atom stereocenters. The van der Waals surface area contributed by atoms with E-state index in [1.165, 1.54) is 0 Å². The highest BCUT2D eigenvalue weighted by atomic mass is 35.5. The van der Waals surface area contributed by atoms with Crippen LogP contribution in [0.15, 0.2) is 12.3 Å². The number of hydrogen-bond acceptors (Lipinski definition) is 4. The maximum absolute atomic E-state index is 10.6. The lowest BCUT2D eigenvalue weighted by molar-refractivity contribution is -0.385. The average Bonchev–Trinajstić information content (AvgIpc) is 2.04. The monoisotopic (exact) mass is 220 g/mol. The first kappa shape index (κ1) is 9.88. The summed E-state index contributed by atoms with van der Waals surface area (Å²) >= 11 is 10.5. The molecule has 0 aromatic carbocycles. The molecule has 0 amide bonds. The minimum absolute atomic E-state index is 0.0576. The summed E-state index contributed by atoms with van der Waals surface area (Å²) in [6, 6.07) is 0.977. The predicted octanol–water partition coefficient (Wildman–Crippen LogP) is 2.02. The lowest BCUT2D eigenvalue weighted by Gasteiger charge is -1.95. The fraction of sp³-hybridized carbons (Fsp3) is 0. The third-order valence-corrected chi connectivity index (χ3v) is 1.75. The van der Waals surface area contributed by atoms with Gasteiger partial charge in [0.25, 0.3) is 5.24 Å². The van der Waals surface area contributed by atoms with Gasteiger partial charge in [-0.2, -0.15) is 0 Å². The first-order valence-electron chi connectivity index (χ1n) is 3.02. The third-order valence-electron chi connectivity index (χ3n) is 1.24. The molecule has 0 saturated heterocycles. The Morgan fingerprint density at radius 3 is 2.69 bits per heavy atom. The molecule has 0 N–H and O–H groups in total. The van der Waals surface area contributed by atoms with Gasteiger partial charge in [0.15, 0.2) is 0 Å². The fourth-order valence-electron chi connectivity index (χ4n) is 0.672. The van der Waals surface area contributed by atoms with Gasteiger partial charge in [-0.1, -0.05) is 11.6 Å². The van der Waals surface area contributed by atoms with Crippen molar-refractivity contribution in [2.24, 2.45) is 0 Å². The van der Waals surface area contributed by atoms with Crippen molar-refractivity contribution < 1.29 is 9.72 Å². The summed E-state index contributed by atoms with van der Waals surface area (Å²) in [6.45, 7) is 0. The van der Waals surface area contributed by atoms with Gasteiger partial charge in [-0.05, 0) is 11.6 Å². The lowest BCUT2D eigenvalue weighted by atomic mass is 10.3. The molecule has 0 aliphatic carbocycles. The SMILES string of the molecule is O=C(Cl)c1cnc(Cl)c([N+](=O)[O-])c1. The van der Waals surface area contributed by atoms with Crippen molar-refractivity contribution in [1.29, 1.82) is 0 Å². The van der Waals surface area contributed by atoms with E-state index in [0.29, 0.717) is 0 Å². The first-order valence-corrected chi connectivity index (χ1v) is 3.77. The van der Waals surface area contributed by atoms with E-state index in [2.05, 4.69) is 4.98 Å². The molecular weight excluding hydrogens is 219 g/mol. The van der Waals surface area contributed by atoms with Gasteiger partial charge in [-0.3, -0.25) is 14.9 Å². The van der Waals surface area contributed by atoms with E-state index < -0.39 is 15.9 Å².